The van der Waals surface area contributed by atoms with Crippen molar-refractivity contribution < 1.29 is 18.7 Å². The van der Waals surface area contributed by atoms with Crippen LogP contribution in [0.4, 0.5) is 4.39 Å². The minimum absolute atomic E-state index is 0.0523. The number of likely N-dealkylation sites (tertiary alicyclic amines) is 1. The number of methoxy groups -OCH3 is 1. The van der Waals surface area contributed by atoms with E-state index in [2.05, 4.69) is 9.97 Å². The van der Waals surface area contributed by atoms with Gasteiger partial charge in [-0.15, -0.1) is 0 Å². The molecule has 1 atom stereocenters. The van der Waals surface area contributed by atoms with E-state index in [9.17, 15) is 9.18 Å². The Kier molecular flexibility index (Phi) is 7.66. The van der Waals surface area contributed by atoms with Gasteiger partial charge in [-0.05, 0) is 31.4 Å². The summed E-state index contributed by atoms with van der Waals surface area (Å²) in [5.41, 5.74) is 2.32. The van der Waals surface area contributed by atoms with Crippen LogP contribution >= 0.6 is 0 Å². The largest absolute Gasteiger partial charge is 0.382 e. The summed E-state index contributed by atoms with van der Waals surface area (Å²) in [5, 5.41) is 0. The van der Waals surface area contributed by atoms with Gasteiger partial charge in [0.15, 0.2) is 0 Å². The molecule has 1 unspecified atom stereocenters. The smallest absolute Gasteiger partial charge is 0.227 e. The van der Waals surface area contributed by atoms with Crippen LogP contribution in [0.15, 0.2) is 30.5 Å². The third kappa shape index (κ3) is 5.81. The van der Waals surface area contributed by atoms with E-state index in [1.807, 2.05) is 18.0 Å². The number of hydrogen-bond acceptors (Lipinski definition) is 5. The Morgan fingerprint density at radius 2 is 2.10 bits per heavy atom. The minimum atomic E-state index is -0.337. The topological polar surface area (TPSA) is 64.6 Å². The van der Waals surface area contributed by atoms with E-state index in [0.29, 0.717) is 44.3 Å². The first kappa shape index (κ1) is 21.3. The lowest BCUT2D eigenvalue weighted by atomic mass is 9.91. The van der Waals surface area contributed by atoms with Gasteiger partial charge < -0.3 is 14.4 Å². The quantitative estimate of drug-likeness (QED) is 0.636. The second kappa shape index (κ2) is 10.4. The molecule has 1 fully saturated rings. The molecule has 0 bridgehead atoms. The van der Waals surface area contributed by atoms with Crippen molar-refractivity contribution in [3.05, 3.63) is 58.9 Å². The number of benzene rings is 1. The average molecular weight is 401 g/mol. The highest BCUT2D eigenvalue weighted by Gasteiger charge is 2.28. The second-order valence-electron chi connectivity index (χ2n) is 7.32. The van der Waals surface area contributed by atoms with Crippen LogP contribution in [0.25, 0.3) is 0 Å². The van der Waals surface area contributed by atoms with E-state index < -0.39 is 0 Å². The highest BCUT2D eigenvalue weighted by molar-refractivity contribution is 5.79. The summed E-state index contributed by atoms with van der Waals surface area (Å²) in [4.78, 5) is 23.6. The number of carbonyl (C=O) groups excluding carboxylic acids is 1. The number of nitrogens with zero attached hydrogens (tertiary/aromatic N) is 3. The predicted molar refractivity (Wildman–Crippen MR) is 107 cm³/mol. The van der Waals surface area contributed by atoms with Crippen molar-refractivity contribution in [2.75, 3.05) is 33.4 Å². The van der Waals surface area contributed by atoms with Gasteiger partial charge in [0, 0.05) is 37.9 Å². The van der Waals surface area contributed by atoms with Crippen LogP contribution < -0.4 is 0 Å². The van der Waals surface area contributed by atoms with E-state index in [1.165, 1.54) is 6.07 Å². The summed E-state index contributed by atoms with van der Waals surface area (Å²) < 4.78 is 24.6. The average Bonchev–Trinajstić information content (AvgIpc) is 2.74. The minimum Gasteiger partial charge on any atom is -0.382 e. The van der Waals surface area contributed by atoms with Gasteiger partial charge in [0.05, 0.1) is 31.9 Å². The SMILES string of the molecule is COCCOCc1cnc(C)nc1C1CCCN(C(=O)Cc2ccccc2F)C1. The predicted octanol–water partition coefficient (Wildman–Crippen LogP) is 3.04. The van der Waals surface area contributed by atoms with Crippen LogP contribution in [0.5, 0.6) is 0 Å². The first-order chi connectivity index (χ1) is 14.1. The zero-order valence-corrected chi connectivity index (χ0v) is 17.1. The molecule has 1 aliphatic heterocycles. The normalized spacial score (nSPS) is 16.8. The third-order valence-electron chi connectivity index (χ3n) is 5.17. The summed E-state index contributed by atoms with van der Waals surface area (Å²) >= 11 is 0. The van der Waals surface area contributed by atoms with Gasteiger partial charge in [0.25, 0.3) is 0 Å². The molecule has 2 aromatic rings. The molecular weight excluding hydrogens is 373 g/mol. The number of aryl methyl sites for hydroxylation is 1. The number of carbonyl (C=O) groups is 1. The van der Waals surface area contributed by atoms with Crippen molar-refractivity contribution in [2.45, 2.75) is 38.7 Å². The highest BCUT2D eigenvalue weighted by atomic mass is 19.1. The van der Waals surface area contributed by atoms with E-state index >= 15 is 0 Å². The first-order valence-electron chi connectivity index (χ1n) is 9.98. The number of halogens is 1. The molecule has 29 heavy (non-hydrogen) atoms. The molecule has 0 aliphatic carbocycles. The van der Waals surface area contributed by atoms with Gasteiger partial charge in [-0.3, -0.25) is 4.79 Å². The first-order valence-corrected chi connectivity index (χ1v) is 9.98. The monoisotopic (exact) mass is 401 g/mol. The van der Waals surface area contributed by atoms with E-state index in [0.717, 1.165) is 24.1 Å². The molecule has 1 saturated heterocycles. The maximum absolute atomic E-state index is 13.9. The summed E-state index contributed by atoms with van der Waals surface area (Å²) in [6, 6.07) is 6.44. The van der Waals surface area contributed by atoms with Crippen molar-refractivity contribution in [3.8, 4) is 0 Å². The van der Waals surface area contributed by atoms with Gasteiger partial charge in [-0.25, -0.2) is 14.4 Å². The number of hydrogen-bond donors (Lipinski definition) is 0. The lowest BCUT2D eigenvalue weighted by Crippen LogP contribution is -2.40. The summed E-state index contributed by atoms with van der Waals surface area (Å²) in [5.74, 6) is 0.436. The van der Waals surface area contributed by atoms with Crippen LogP contribution in [-0.4, -0.2) is 54.2 Å². The van der Waals surface area contributed by atoms with Gasteiger partial charge in [0.1, 0.15) is 11.6 Å². The van der Waals surface area contributed by atoms with Gasteiger partial charge in [-0.2, -0.15) is 0 Å². The molecule has 7 heteroatoms. The van der Waals surface area contributed by atoms with Crippen LogP contribution in [-0.2, 0) is 27.3 Å². The molecule has 156 valence electrons. The van der Waals surface area contributed by atoms with Crippen molar-refractivity contribution in [2.24, 2.45) is 0 Å². The molecular formula is C22H28FN3O3. The van der Waals surface area contributed by atoms with Crippen molar-refractivity contribution in [1.29, 1.82) is 0 Å². The van der Waals surface area contributed by atoms with Crippen molar-refractivity contribution in [1.82, 2.24) is 14.9 Å². The zero-order valence-electron chi connectivity index (χ0n) is 17.1. The van der Waals surface area contributed by atoms with Gasteiger partial charge in [-0.1, -0.05) is 18.2 Å². The number of aromatic nitrogens is 2. The number of amides is 1. The van der Waals surface area contributed by atoms with E-state index in [-0.39, 0.29) is 24.1 Å². The Morgan fingerprint density at radius 1 is 1.28 bits per heavy atom. The summed E-state index contributed by atoms with van der Waals surface area (Å²) in [6.07, 6.45) is 3.73. The zero-order chi connectivity index (χ0) is 20.6. The maximum Gasteiger partial charge on any atom is 0.227 e. The van der Waals surface area contributed by atoms with E-state index in [1.54, 1.807) is 25.3 Å². The van der Waals surface area contributed by atoms with Crippen LogP contribution in [0.2, 0.25) is 0 Å². The molecule has 1 amide bonds. The molecule has 0 spiro atoms. The highest BCUT2D eigenvalue weighted by Crippen LogP contribution is 2.29. The number of ether oxygens (including phenoxy) is 2. The summed E-state index contributed by atoms with van der Waals surface area (Å²) in [7, 11) is 1.64. The standard InChI is InChI=1S/C22H28FN3O3/c1-16-24-13-19(15-29-11-10-28-2)22(25-16)18-7-5-9-26(14-18)21(27)12-17-6-3-4-8-20(17)23/h3-4,6,8,13,18H,5,7,9-12,14-15H2,1-2H3. The fourth-order valence-electron chi connectivity index (χ4n) is 3.64. The van der Waals surface area contributed by atoms with Crippen LogP contribution in [0.3, 0.4) is 0 Å². The molecule has 1 aromatic carbocycles. The van der Waals surface area contributed by atoms with Crippen LogP contribution in [0.1, 0.15) is 41.4 Å². The van der Waals surface area contributed by atoms with Crippen LogP contribution in [0, 0.1) is 12.7 Å². The Labute approximate surface area is 171 Å². The molecule has 1 aliphatic rings. The van der Waals surface area contributed by atoms with Crippen molar-refractivity contribution in [3.63, 3.8) is 0 Å². The fourth-order valence-corrected chi connectivity index (χ4v) is 3.64. The molecule has 6 nitrogen and oxygen atoms in total. The van der Waals surface area contributed by atoms with Gasteiger partial charge >= 0.3 is 0 Å². The molecule has 0 N–H and O–H groups in total. The lowest BCUT2D eigenvalue weighted by Gasteiger charge is -2.33. The van der Waals surface area contributed by atoms with E-state index in [4.69, 9.17) is 9.47 Å². The molecule has 1 aromatic heterocycles. The molecule has 2 heterocycles. The molecule has 3 rings (SSSR count). The van der Waals surface area contributed by atoms with Crippen molar-refractivity contribution >= 4 is 5.91 Å². The van der Waals surface area contributed by atoms with Gasteiger partial charge in [0.2, 0.25) is 5.91 Å². The third-order valence-corrected chi connectivity index (χ3v) is 5.17. The Balaban J connectivity index is 1.69. The number of piperidine rings is 1. The maximum atomic E-state index is 13.9. The Bertz CT molecular complexity index is 831. The second-order valence-corrected chi connectivity index (χ2v) is 7.32. The number of rotatable bonds is 8. The fraction of sp³-hybridized carbons (Fsp3) is 0.500. The molecule has 0 radical (unpaired) electrons. The Morgan fingerprint density at radius 3 is 2.90 bits per heavy atom. The molecule has 0 saturated carbocycles. The lowest BCUT2D eigenvalue weighted by molar-refractivity contribution is -0.131. The summed E-state index contributed by atoms with van der Waals surface area (Å²) in [6.45, 7) is 4.58. The Hall–Kier alpha value is -2.38.